The van der Waals surface area contributed by atoms with E-state index in [1.54, 1.807) is 0 Å². The molecule has 0 saturated heterocycles. The average Bonchev–Trinajstić information content (AvgIpc) is 2.25. The maximum atomic E-state index is 11.7. The number of carbonyl (C=O) groups is 1. The monoisotopic (exact) mass is 249 g/mol. The molecule has 3 N–H and O–H groups in total. The van der Waals surface area contributed by atoms with Gasteiger partial charge in [-0.1, -0.05) is 13.8 Å². The molecular weight excluding hydrogens is 226 g/mol. The Balaban J connectivity index is 2.59. The number of amides is 1. The van der Waals surface area contributed by atoms with Gasteiger partial charge in [-0.25, -0.2) is 0 Å². The molecule has 4 heteroatoms. The molecular formula is C14H23N3O. The summed E-state index contributed by atoms with van der Waals surface area (Å²) in [7, 11) is 1.89. The van der Waals surface area contributed by atoms with E-state index >= 15 is 0 Å². The van der Waals surface area contributed by atoms with E-state index in [2.05, 4.69) is 19.2 Å². The third-order valence-corrected chi connectivity index (χ3v) is 2.61. The van der Waals surface area contributed by atoms with Gasteiger partial charge in [-0.15, -0.1) is 0 Å². The number of nitrogens with one attached hydrogen (secondary N) is 1. The van der Waals surface area contributed by atoms with Gasteiger partial charge < -0.3 is 16.0 Å². The fraction of sp³-hybridized carbons (Fsp3) is 0.500. The van der Waals surface area contributed by atoms with Crippen LogP contribution in [0.3, 0.4) is 0 Å². The molecule has 0 heterocycles. The van der Waals surface area contributed by atoms with Crippen molar-refractivity contribution in [2.24, 2.45) is 5.92 Å². The van der Waals surface area contributed by atoms with Crippen LogP contribution in [0.1, 0.15) is 19.4 Å². The number of carbonyl (C=O) groups excluding carboxylic acids is 1. The number of anilines is 2. The first-order chi connectivity index (χ1) is 8.38. The van der Waals surface area contributed by atoms with Gasteiger partial charge in [-0.2, -0.15) is 0 Å². The molecule has 0 aromatic heterocycles. The lowest BCUT2D eigenvalue weighted by Crippen LogP contribution is -2.36. The Labute approximate surface area is 109 Å². The Morgan fingerprint density at radius 3 is 2.61 bits per heavy atom. The molecule has 0 radical (unpaired) electrons. The van der Waals surface area contributed by atoms with Crippen LogP contribution in [0.4, 0.5) is 11.4 Å². The van der Waals surface area contributed by atoms with Gasteiger partial charge in [0.25, 0.3) is 0 Å². The molecule has 0 atom stereocenters. The summed E-state index contributed by atoms with van der Waals surface area (Å²) >= 11 is 0. The molecule has 1 aromatic carbocycles. The van der Waals surface area contributed by atoms with Crippen molar-refractivity contribution in [2.75, 3.05) is 30.8 Å². The van der Waals surface area contributed by atoms with Gasteiger partial charge in [-0.05, 0) is 36.6 Å². The largest absolute Gasteiger partial charge is 0.399 e. The Bertz CT molecular complexity index is 395. The number of nitrogens with two attached hydrogens (primary N) is 1. The van der Waals surface area contributed by atoms with Gasteiger partial charge in [0, 0.05) is 25.0 Å². The number of nitrogens with zero attached hydrogens (tertiary/aromatic N) is 1. The quantitative estimate of drug-likeness (QED) is 0.782. The molecule has 0 aliphatic rings. The fourth-order valence-corrected chi connectivity index (χ4v) is 1.69. The molecule has 0 aliphatic carbocycles. The first kappa shape index (κ1) is 14.4. The van der Waals surface area contributed by atoms with E-state index in [4.69, 9.17) is 5.73 Å². The lowest BCUT2D eigenvalue weighted by molar-refractivity contribution is -0.119. The molecule has 0 fully saturated rings. The molecule has 18 heavy (non-hydrogen) atoms. The Kier molecular flexibility index (Phi) is 5.01. The summed E-state index contributed by atoms with van der Waals surface area (Å²) in [4.78, 5) is 13.6. The lowest BCUT2D eigenvalue weighted by atomic mass is 10.2. The topological polar surface area (TPSA) is 58.4 Å². The average molecular weight is 249 g/mol. The van der Waals surface area contributed by atoms with Crippen molar-refractivity contribution in [3.05, 3.63) is 23.8 Å². The number of aryl methyl sites for hydroxylation is 1. The van der Waals surface area contributed by atoms with E-state index in [-0.39, 0.29) is 5.91 Å². The molecule has 100 valence electrons. The van der Waals surface area contributed by atoms with Crippen molar-refractivity contribution < 1.29 is 4.79 Å². The number of likely N-dealkylation sites (N-methyl/N-ethyl adjacent to an activating group) is 1. The predicted octanol–water partition coefficient (Wildman–Crippen LogP) is 1.79. The molecule has 0 aliphatic heterocycles. The number of nitrogen functional groups attached to an aromatic ring is 1. The van der Waals surface area contributed by atoms with E-state index in [1.165, 1.54) is 0 Å². The molecule has 1 rings (SSSR count). The zero-order valence-electron chi connectivity index (χ0n) is 11.7. The van der Waals surface area contributed by atoms with Crippen molar-refractivity contribution in [3.8, 4) is 0 Å². The van der Waals surface area contributed by atoms with Crippen LogP contribution in [0.15, 0.2) is 18.2 Å². The van der Waals surface area contributed by atoms with E-state index in [9.17, 15) is 4.79 Å². The third kappa shape index (κ3) is 4.65. The van der Waals surface area contributed by atoms with Crippen molar-refractivity contribution >= 4 is 17.3 Å². The lowest BCUT2D eigenvalue weighted by Gasteiger charge is -2.20. The van der Waals surface area contributed by atoms with Gasteiger partial charge >= 0.3 is 0 Å². The van der Waals surface area contributed by atoms with Crippen LogP contribution >= 0.6 is 0 Å². The SMILES string of the molecule is Cc1cc(N)cc(N(C)CC(=O)NCC(C)C)c1. The zero-order chi connectivity index (χ0) is 13.7. The van der Waals surface area contributed by atoms with E-state index in [0.717, 1.165) is 16.9 Å². The van der Waals surface area contributed by atoms with Crippen molar-refractivity contribution in [3.63, 3.8) is 0 Å². The standard InChI is InChI=1S/C14H23N3O/c1-10(2)8-16-14(18)9-17(4)13-6-11(3)5-12(15)7-13/h5-7,10H,8-9,15H2,1-4H3,(H,16,18). The van der Waals surface area contributed by atoms with Crippen LogP contribution in [0, 0.1) is 12.8 Å². The van der Waals surface area contributed by atoms with Crippen LogP contribution in [0.25, 0.3) is 0 Å². The van der Waals surface area contributed by atoms with E-state index < -0.39 is 0 Å². The van der Waals surface area contributed by atoms with Crippen LogP contribution in [-0.4, -0.2) is 26.0 Å². The summed E-state index contributed by atoms with van der Waals surface area (Å²) in [5.74, 6) is 0.500. The second-order valence-electron chi connectivity index (χ2n) is 5.16. The van der Waals surface area contributed by atoms with Crippen LogP contribution < -0.4 is 16.0 Å². The fourth-order valence-electron chi connectivity index (χ4n) is 1.69. The summed E-state index contributed by atoms with van der Waals surface area (Å²) in [6.45, 7) is 7.20. The minimum absolute atomic E-state index is 0.0336. The van der Waals surface area contributed by atoms with Crippen LogP contribution in [0.2, 0.25) is 0 Å². The highest BCUT2D eigenvalue weighted by molar-refractivity contribution is 5.81. The van der Waals surface area contributed by atoms with Crippen LogP contribution in [0.5, 0.6) is 0 Å². The number of hydrogen-bond donors (Lipinski definition) is 2. The number of rotatable bonds is 5. The number of hydrogen-bond acceptors (Lipinski definition) is 3. The minimum atomic E-state index is 0.0336. The molecule has 0 spiro atoms. The Hall–Kier alpha value is -1.71. The molecule has 0 unspecified atom stereocenters. The summed E-state index contributed by atoms with van der Waals surface area (Å²) in [5.41, 5.74) is 8.58. The summed E-state index contributed by atoms with van der Waals surface area (Å²) in [6.07, 6.45) is 0. The van der Waals surface area contributed by atoms with Gasteiger partial charge in [0.2, 0.25) is 5.91 Å². The van der Waals surface area contributed by atoms with Crippen LogP contribution in [-0.2, 0) is 4.79 Å². The second-order valence-corrected chi connectivity index (χ2v) is 5.16. The Morgan fingerprint density at radius 1 is 1.39 bits per heavy atom. The summed E-state index contributed by atoms with van der Waals surface area (Å²) < 4.78 is 0. The van der Waals surface area contributed by atoms with Crippen molar-refractivity contribution in [1.82, 2.24) is 5.32 Å². The van der Waals surface area contributed by atoms with Gasteiger partial charge in [0.05, 0.1) is 6.54 Å². The van der Waals surface area contributed by atoms with E-state index in [1.807, 2.05) is 37.1 Å². The normalized spacial score (nSPS) is 10.5. The predicted molar refractivity (Wildman–Crippen MR) is 76.7 cm³/mol. The highest BCUT2D eigenvalue weighted by Gasteiger charge is 2.08. The Morgan fingerprint density at radius 2 is 2.06 bits per heavy atom. The third-order valence-electron chi connectivity index (χ3n) is 2.61. The van der Waals surface area contributed by atoms with Gasteiger partial charge in [-0.3, -0.25) is 4.79 Å². The summed E-state index contributed by atoms with van der Waals surface area (Å²) in [5, 5.41) is 2.90. The first-order valence-corrected chi connectivity index (χ1v) is 6.23. The molecule has 4 nitrogen and oxygen atoms in total. The molecule has 1 amide bonds. The highest BCUT2D eigenvalue weighted by Crippen LogP contribution is 2.18. The maximum absolute atomic E-state index is 11.7. The smallest absolute Gasteiger partial charge is 0.239 e. The second kappa shape index (κ2) is 6.28. The van der Waals surface area contributed by atoms with Crippen molar-refractivity contribution in [2.45, 2.75) is 20.8 Å². The minimum Gasteiger partial charge on any atom is -0.399 e. The van der Waals surface area contributed by atoms with E-state index in [0.29, 0.717) is 19.0 Å². The van der Waals surface area contributed by atoms with Gasteiger partial charge in [0.15, 0.2) is 0 Å². The highest BCUT2D eigenvalue weighted by atomic mass is 16.2. The van der Waals surface area contributed by atoms with Crippen molar-refractivity contribution in [1.29, 1.82) is 0 Å². The number of benzene rings is 1. The maximum Gasteiger partial charge on any atom is 0.239 e. The molecule has 1 aromatic rings. The molecule has 0 bridgehead atoms. The zero-order valence-corrected chi connectivity index (χ0v) is 11.7. The first-order valence-electron chi connectivity index (χ1n) is 6.23. The van der Waals surface area contributed by atoms with Gasteiger partial charge in [0.1, 0.15) is 0 Å². The molecule has 0 saturated carbocycles. The summed E-state index contributed by atoms with van der Waals surface area (Å²) in [6, 6.07) is 5.81.